The summed E-state index contributed by atoms with van der Waals surface area (Å²) in [6, 6.07) is 12.7. The van der Waals surface area contributed by atoms with Crippen molar-refractivity contribution in [3.05, 3.63) is 58.1 Å². The lowest BCUT2D eigenvalue weighted by Crippen LogP contribution is -2.10. The van der Waals surface area contributed by atoms with E-state index in [1.807, 2.05) is 24.3 Å². The van der Waals surface area contributed by atoms with Crippen LogP contribution in [0.15, 0.2) is 42.5 Å². The number of para-hydroxylation sites is 1. The maximum absolute atomic E-state index is 11.1. The SMILES string of the molecule is CC(C)(C)c1ccc(Nc2cccc(N)c2[N+](=O)[O-])cc1. The first kappa shape index (κ1) is 14.8. The van der Waals surface area contributed by atoms with Crippen molar-refractivity contribution in [3.63, 3.8) is 0 Å². The molecule has 0 aliphatic rings. The molecule has 0 aliphatic carbocycles. The fraction of sp³-hybridized carbons (Fsp3) is 0.250. The van der Waals surface area contributed by atoms with Gasteiger partial charge in [-0.15, -0.1) is 0 Å². The fourth-order valence-electron chi connectivity index (χ4n) is 2.08. The smallest absolute Gasteiger partial charge is 0.315 e. The number of anilines is 3. The molecule has 3 N–H and O–H groups in total. The molecule has 0 heterocycles. The van der Waals surface area contributed by atoms with Gasteiger partial charge in [0.05, 0.1) is 4.92 Å². The Morgan fingerprint density at radius 2 is 1.71 bits per heavy atom. The summed E-state index contributed by atoms with van der Waals surface area (Å²) in [6.07, 6.45) is 0. The van der Waals surface area contributed by atoms with E-state index >= 15 is 0 Å². The molecule has 0 aliphatic heterocycles. The molecule has 2 rings (SSSR count). The maximum atomic E-state index is 11.1. The predicted octanol–water partition coefficient (Wildman–Crippen LogP) is 4.22. The number of nitrogen functional groups attached to an aromatic ring is 1. The highest BCUT2D eigenvalue weighted by molar-refractivity contribution is 5.78. The lowest BCUT2D eigenvalue weighted by atomic mass is 9.87. The number of rotatable bonds is 3. The maximum Gasteiger partial charge on any atom is 0.315 e. The van der Waals surface area contributed by atoms with Crippen LogP contribution in [-0.4, -0.2) is 4.92 Å². The number of hydrogen-bond donors (Lipinski definition) is 2. The third-order valence-corrected chi connectivity index (χ3v) is 3.28. The van der Waals surface area contributed by atoms with Crippen LogP contribution >= 0.6 is 0 Å². The molecule has 0 saturated heterocycles. The molecule has 5 heteroatoms. The first-order valence-corrected chi connectivity index (χ1v) is 6.69. The molecule has 0 aromatic heterocycles. The highest BCUT2D eigenvalue weighted by Crippen LogP contribution is 2.33. The second kappa shape index (κ2) is 5.44. The van der Waals surface area contributed by atoms with E-state index in [0.717, 1.165) is 5.69 Å². The predicted molar refractivity (Wildman–Crippen MR) is 85.9 cm³/mol. The van der Waals surface area contributed by atoms with Crippen LogP contribution in [0, 0.1) is 10.1 Å². The molecule has 2 aromatic carbocycles. The van der Waals surface area contributed by atoms with E-state index in [2.05, 4.69) is 26.1 Å². The summed E-state index contributed by atoms with van der Waals surface area (Å²) in [5.74, 6) is 0. The van der Waals surface area contributed by atoms with Gasteiger partial charge >= 0.3 is 5.69 Å². The summed E-state index contributed by atoms with van der Waals surface area (Å²) in [7, 11) is 0. The van der Waals surface area contributed by atoms with Gasteiger partial charge in [-0.1, -0.05) is 39.0 Å². The second-order valence-electron chi connectivity index (χ2n) is 5.95. The number of nitrogens with zero attached hydrogens (tertiary/aromatic N) is 1. The van der Waals surface area contributed by atoms with Crippen molar-refractivity contribution in [2.45, 2.75) is 26.2 Å². The monoisotopic (exact) mass is 285 g/mol. The lowest BCUT2D eigenvalue weighted by Gasteiger charge is -2.19. The summed E-state index contributed by atoms with van der Waals surface area (Å²) in [6.45, 7) is 6.41. The Morgan fingerprint density at radius 3 is 2.24 bits per heavy atom. The highest BCUT2D eigenvalue weighted by atomic mass is 16.6. The number of nitrogens with one attached hydrogen (secondary N) is 1. The fourth-order valence-corrected chi connectivity index (χ4v) is 2.08. The number of nitro groups is 1. The van der Waals surface area contributed by atoms with E-state index in [-0.39, 0.29) is 16.8 Å². The summed E-state index contributed by atoms with van der Waals surface area (Å²) in [4.78, 5) is 10.6. The van der Waals surface area contributed by atoms with Gasteiger partial charge in [0.15, 0.2) is 0 Å². The van der Waals surface area contributed by atoms with Crippen molar-refractivity contribution in [1.29, 1.82) is 0 Å². The van der Waals surface area contributed by atoms with Crippen molar-refractivity contribution >= 4 is 22.7 Å². The largest absolute Gasteiger partial charge is 0.393 e. The van der Waals surface area contributed by atoms with Crippen molar-refractivity contribution < 1.29 is 4.92 Å². The van der Waals surface area contributed by atoms with Gasteiger partial charge in [-0.05, 0) is 35.2 Å². The molecule has 0 spiro atoms. The standard InChI is InChI=1S/C16H19N3O2/c1-16(2,3)11-7-9-12(10-8-11)18-14-6-4-5-13(17)15(14)19(20)21/h4-10,18H,17H2,1-3H3. The number of benzene rings is 2. The van der Waals surface area contributed by atoms with Crippen LogP contribution in [0.3, 0.4) is 0 Å². The van der Waals surface area contributed by atoms with E-state index in [0.29, 0.717) is 5.69 Å². The Bertz CT molecular complexity index is 658. The van der Waals surface area contributed by atoms with E-state index in [1.54, 1.807) is 12.1 Å². The third-order valence-electron chi connectivity index (χ3n) is 3.28. The van der Waals surface area contributed by atoms with E-state index < -0.39 is 4.92 Å². The molecule has 0 atom stereocenters. The van der Waals surface area contributed by atoms with E-state index in [1.165, 1.54) is 11.6 Å². The molecule has 110 valence electrons. The van der Waals surface area contributed by atoms with Gasteiger partial charge in [0.25, 0.3) is 0 Å². The zero-order valence-corrected chi connectivity index (χ0v) is 12.4. The summed E-state index contributed by atoms with van der Waals surface area (Å²) in [5.41, 5.74) is 8.18. The van der Waals surface area contributed by atoms with Crippen molar-refractivity contribution in [2.75, 3.05) is 11.1 Å². The molecule has 5 nitrogen and oxygen atoms in total. The van der Waals surface area contributed by atoms with Gasteiger partial charge in [-0.2, -0.15) is 0 Å². The normalized spacial score (nSPS) is 11.2. The van der Waals surface area contributed by atoms with E-state index in [9.17, 15) is 10.1 Å². The zero-order chi connectivity index (χ0) is 15.6. The first-order chi connectivity index (χ1) is 9.79. The van der Waals surface area contributed by atoms with Crippen molar-refractivity contribution in [3.8, 4) is 0 Å². The molecule has 0 unspecified atom stereocenters. The van der Waals surface area contributed by atoms with Gasteiger partial charge in [0, 0.05) is 5.69 Å². The number of hydrogen-bond acceptors (Lipinski definition) is 4. The molecule has 0 amide bonds. The first-order valence-electron chi connectivity index (χ1n) is 6.69. The van der Waals surface area contributed by atoms with Crippen LogP contribution in [-0.2, 0) is 5.41 Å². The van der Waals surface area contributed by atoms with Crippen LogP contribution < -0.4 is 11.1 Å². The average molecular weight is 285 g/mol. The zero-order valence-electron chi connectivity index (χ0n) is 12.4. The molecule has 21 heavy (non-hydrogen) atoms. The van der Waals surface area contributed by atoms with Crippen LogP contribution in [0.4, 0.5) is 22.7 Å². The minimum absolute atomic E-state index is 0.0711. The molecular weight excluding hydrogens is 266 g/mol. The molecular formula is C16H19N3O2. The van der Waals surface area contributed by atoms with Crippen LogP contribution in [0.1, 0.15) is 26.3 Å². The van der Waals surface area contributed by atoms with Crippen LogP contribution in [0.5, 0.6) is 0 Å². The molecule has 2 aromatic rings. The minimum atomic E-state index is -0.471. The summed E-state index contributed by atoms with van der Waals surface area (Å²) >= 11 is 0. The van der Waals surface area contributed by atoms with Crippen LogP contribution in [0.2, 0.25) is 0 Å². The highest BCUT2D eigenvalue weighted by Gasteiger charge is 2.18. The Labute approximate surface area is 123 Å². The Kier molecular flexibility index (Phi) is 3.84. The minimum Gasteiger partial charge on any atom is -0.393 e. The van der Waals surface area contributed by atoms with Crippen LogP contribution in [0.25, 0.3) is 0 Å². The summed E-state index contributed by atoms with van der Waals surface area (Å²) in [5, 5.41) is 14.2. The third kappa shape index (κ3) is 3.31. The van der Waals surface area contributed by atoms with Gasteiger partial charge < -0.3 is 11.1 Å². The van der Waals surface area contributed by atoms with Crippen molar-refractivity contribution in [2.24, 2.45) is 0 Å². The van der Waals surface area contributed by atoms with Gasteiger partial charge in [-0.3, -0.25) is 10.1 Å². The Balaban J connectivity index is 2.31. The number of nitro benzene ring substituents is 1. The van der Waals surface area contributed by atoms with Crippen molar-refractivity contribution in [1.82, 2.24) is 0 Å². The van der Waals surface area contributed by atoms with Gasteiger partial charge in [0.2, 0.25) is 0 Å². The molecule has 0 radical (unpaired) electrons. The number of nitrogens with two attached hydrogens (primary N) is 1. The molecule has 0 fully saturated rings. The quantitative estimate of drug-likeness (QED) is 0.502. The topological polar surface area (TPSA) is 81.2 Å². The Morgan fingerprint density at radius 1 is 1.10 bits per heavy atom. The van der Waals surface area contributed by atoms with Gasteiger partial charge in [-0.25, -0.2) is 0 Å². The lowest BCUT2D eigenvalue weighted by molar-refractivity contribution is -0.383. The molecule has 0 saturated carbocycles. The second-order valence-corrected chi connectivity index (χ2v) is 5.95. The average Bonchev–Trinajstić information content (AvgIpc) is 2.38. The van der Waals surface area contributed by atoms with Gasteiger partial charge in [0.1, 0.15) is 11.4 Å². The Hall–Kier alpha value is -2.56. The summed E-state index contributed by atoms with van der Waals surface area (Å²) < 4.78 is 0. The van der Waals surface area contributed by atoms with E-state index in [4.69, 9.17) is 5.73 Å². The molecule has 0 bridgehead atoms.